The topological polar surface area (TPSA) is 67.8 Å². The van der Waals surface area contributed by atoms with Crippen molar-refractivity contribution in [2.45, 2.75) is 45.6 Å². The van der Waals surface area contributed by atoms with Crippen LogP contribution in [-0.4, -0.2) is 17.6 Å². The quantitative estimate of drug-likeness (QED) is 0.375. The van der Waals surface area contributed by atoms with E-state index in [9.17, 15) is 0 Å². The summed E-state index contributed by atoms with van der Waals surface area (Å²) in [6, 6.07) is 8.50. The van der Waals surface area contributed by atoms with Crippen molar-refractivity contribution >= 4 is 5.84 Å². The molecule has 2 rings (SSSR count). The number of hydrogen-bond donors (Lipinski definition) is 2. The van der Waals surface area contributed by atoms with Crippen molar-refractivity contribution in [2.75, 3.05) is 6.61 Å². The van der Waals surface area contributed by atoms with E-state index in [1.54, 1.807) is 0 Å². The predicted octanol–water partition coefficient (Wildman–Crippen LogP) is 3.24. The SMILES string of the molecule is CC(C)(CCOC1CCCc2ccccc21)C(N)=NO. The third kappa shape index (κ3) is 3.31. The molecule has 1 atom stereocenters. The Morgan fingerprint density at radius 2 is 2.20 bits per heavy atom. The summed E-state index contributed by atoms with van der Waals surface area (Å²) in [5.74, 6) is 0.255. The Kier molecular flexibility index (Phi) is 4.65. The minimum Gasteiger partial charge on any atom is -0.409 e. The molecule has 4 nitrogen and oxygen atoms in total. The fraction of sp³-hybridized carbons (Fsp3) is 0.562. The molecule has 0 aromatic heterocycles. The normalized spacial score (nSPS) is 19.7. The van der Waals surface area contributed by atoms with Crippen molar-refractivity contribution < 1.29 is 9.94 Å². The minimum atomic E-state index is -0.344. The third-order valence-electron chi connectivity index (χ3n) is 4.16. The second-order valence-corrected chi connectivity index (χ2v) is 6.07. The van der Waals surface area contributed by atoms with Gasteiger partial charge in [0.15, 0.2) is 0 Å². The van der Waals surface area contributed by atoms with E-state index in [1.165, 1.54) is 17.5 Å². The van der Waals surface area contributed by atoms with Crippen LogP contribution in [0.5, 0.6) is 0 Å². The second-order valence-electron chi connectivity index (χ2n) is 6.07. The molecule has 0 aliphatic heterocycles. The van der Waals surface area contributed by atoms with E-state index in [2.05, 4.69) is 29.4 Å². The zero-order chi connectivity index (χ0) is 14.6. The van der Waals surface area contributed by atoms with Crippen molar-refractivity contribution in [1.82, 2.24) is 0 Å². The van der Waals surface area contributed by atoms with Gasteiger partial charge in [0.1, 0.15) is 5.84 Å². The molecule has 1 unspecified atom stereocenters. The lowest BCUT2D eigenvalue weighted by Crippen LogP contribution is -2.33. The molecule has 0 saturated carbocycles. The monoisotopic (exact) mass is 276 g/mol. The molecule has 3 N–H and O–H groups in total. The van der Waals surface area contributed by atoms with Gasteiger partial charge in [-0.25, -0.2) is 0 Å². The molecule has 1 aliphatic rings. The number of amidine groups is 1. The Morgan fingerprint density at radius 1 is 1.45 bits per heavy atom. The van der Waals surface area contributed by atoms with Gasteiger partial charge in [-0.3, -0.25) is 0 Å². The summed E-state index contributed by atoms with van der Waals surface area (Å²) < 4.78 is 6.05. The smallest absolute Gasteiger partial charge is 0.144 e. The molecule has 0 radical (unpaired) electrons. The average molecular weight is 276 g/mol. The molecular formula is C16H24N2O2. The largest absolute Gasteiger partial charge is 0.409 e. The van der Waals surface area contributed by atoms with E-state index in [1.807, 2.05) is 13.8 Å². The Morgan fingerprint density at radius 3 is 2.95 bits per heavy atom. The van der Waals surface area contributed by atoms with Crippen molar-refractivity contribution in [3.05, 3.63) is 35.4 Å². The maximum Gasteiger partial charge on any atom is 0.144 e. The molecule has 0 fully saturated rings. The zero-order valence-corrected chi connectivity index (χ0v) is 12.3. The molecule has 0 heterocycles. The van der Waals surface area contributed by atoms with Gasteiger partial charge < -0.3 is 15.7 Å². The van der Waals surface area contributed by atoms with Gasteiger partial charge in [-0.15, -0.1) is 0 Å². The van der Waals surface area contributed by atoms with Crippen LogP contribution in [0.1, 0.15) is 50.3 Å². The van der Waals surface area contributed by atoms with Crippen molar-refractivity contribution in [3.63, 3.8) is 0 Å². The lowest BCUT2D eigenvalue weighted by atomic mass is 9.88. The van der Waals surface area contributed by atoms with Crippen LogP contribution < -0.4 is 5.73 Å². The number of nitrogens with zero attached hydrogens (tertiary/aromatic N) is 1. The lowest BCUT2D eigenvalue weighted by molar-refractivity contribution is 0.0304. The molecule has 0 saturated heterocycles. The summed E-state index contributed by atoms with van der Waals surface area (Å²) in [6.07, 6.45) is 4.31. The van der Waals surface area contributed by atoms with Crippen molar-refractivity contribution in [3.8, 4) is 0 Å². The molecule has 1 aromatic rings. The number of hydrogen-bond acceptors (Lipinski definition) is 3. The van der Waals surface area contributed by atoms with Crippen LogP contribution >= 0.6 is 0 Å². The predicted molar refractivity (Wildman–Crippen MR) is 79.9 cm³/mol. The van der Waals surface area contributed by atoms with Crippen LogP contribution in [0.25, 0.3) is 0 Å². The number of fused-ring (bicyclic) bond motifs is 1. The number of rotatable bonds is 5. The van der Waals surface area contributed by atoms with Gasteiger partial charge in [0.2, 0.25) is 0 Å². The maximum absolute atomic E-state index is 8.77. The summed E-state index contributed by atoms with van der Waals surface area (Å²) in [7, 11) is 0. The number of benzene rings is 1. The molecule has 0 amide bonds. The second kappa shape index (κ2) is 6.27. The first-order chi connectivity index (χ1) is 9.54. The van der Waals surface area contributed by atoms with Crippen molar-refractivity contribution in [1.29, 1.82) is 0 Å². The van der Waals surface area contributed by atoms with E-state index in [0.717, 1.165) is 19.3 Å². The number of aryl methyl sites for hydroxylation is 1. The van der Waals surface area contributed by atoms with Gasteiger partial charge in [-0.1, -0.05) is 43.3 Å². The number of oxime groups is 1. The summed E-state index contributed by atoms with van der Waals surface area (Å²) in [6.45, 7) is 4.53. The Hall–Kier alpha value is -1.55. The third-order valence-corrected chi connectivity index (χ3v) is 4.16. The first-order valence-corrected chi connectivity index (χ1v) is 7.22. The van der Waals surface area contributed by atoms with Crippen LogP contribution in [0.15, 0.2) is 29.4 Å². The van der Waals surface area contributed by atoms with Gasteiger partial charge in [0.25, 0.3) is 0 Å². The molecule has 1 aliphatic carbocycles. The Balaban J connectivity index is 1.93. The van der Waals surface area contributed by atoms with Crippen LogP contribution in [0.4, 0.5) is 0 Å². The fourth-order valence-electron chi connectivity index (χ4n) is 2.60. The van der Waals surface area contributed by atoms with Crippen LogP contribution in [0.3, 0.4) is 0 Å². The first-order valence-electron chi connectivity index (χ1n) is 7.22. The maximum atomic E-state index is 8.77. The summed E-state index contributed by atoms with van der Waals surface area (Å²) in [5.41, 5.74) is 8.07. The average Bonchev–Trinajstić information content (AvgIpc) is 2.46. The highest BCUT2D eigenvalue weighted by Gasteiger charge is 2.25. The van der Waals surface area contributed by atoms with E-state index < -0.39 is 0 Å². The lowest BCUT2D eigenvalue weighted by Gasteiger charge is -2.28. The van der Waals surface area contributed by atoms with E-state index in [0.29, 0.717) is 6.61 Å². The van der Waals surface area contributed by atoms with Gasteiger partial charge >= 0.3 is 0 Å². The Bertz CT molecular complexity index is 483. The number of nitrogens with two attached hydrogens (primary N) is 1. The molecular weight excluding hydrogens is 252 g/mol. The highest BCUT2D eigenvalue weighted by molar-refractivity contribution is 5.85. The minimum absolute atomic E-state index is 0.183. The van der Waals surface area contributed by atoms with E-state index >= 15 is 0 Å². The standard InChI is InChI=1S/C16H24N2O2/c1-16(2,15(17)18-19)10-11-20-14-9-5-7-12-6-3-4-8-13(12)14/h3-4,6,8,14,19H,5,7,9-11H2,1-2H3,(H2,17,18). The molecule has 4 heteroatoms. The molecule has 110 valence electrons. The van der Waals surface area contributed by atoms with Gasteiger partial charge in [-0.2, -0.15) is 0 Å². The first kappa shape index (κ1) is 14.9. The molecule has 0 bridgehead atoms. The number of ether oxygens (including phenoxy) is 1. The highest BCUT2D eigenvalue weighted by atomic mass is 16.5. The van der Waals surface area contributed by atoms with E-state index in [-0.39, 0.29) is 17.4 Å². The van der Waals surface area contributed by atoms with E-state index in [4.69, 9.17) is 15.7 Å². The fourth-order valence-corrected chi connectivity index (χ4v) is 2.60. The molecule has 1 aromatic carbocycles. The molecule has 20 heavy (non-hydrogen) atoms. The summed E-state index contributed by atoms with van der Waals surface area (Å²) >= 11 is 0. The summed E-state index contributed by atoms with van der Waals surface area (Å²) in [5, 5.41) is 11.9. The Labute approximate surface area is 120 Å². The van der Waals surface area contributed by atoms with Crippen LogP contribution in [0.2, 0.25) is 0 Å². The highest BCUT2D eigenvalue weighted by Crippen LogP contribution is 2.33. The van der Waals surface area contributed by atoms with Crippen LogP contribution in [0, 0.1) is 5.41 Å². The summed E-state index contributed by atoms with van der Waals surface area (Å²) in [4.78, 5) is 0. The van der Waals surface area contributed by atoms with Gasteiger partial charge in [0.05, 0.1) is 6.10 Å². The van der Waals surface area contributed by atoms with Crippen LogP contribution in [-0.2, 0) is 11.2 Å². The zero-order valence-electron chi connectivity index (χ0n) is 12.3. The van der Waals surface area contributed by atoms with Gasteiger partial charge in [0, 0.05) is 12.0 Å². The van der Waals surface area contributed by atoms with Crippen molar-refractivity contribution in [2.24, 2.45) is 16.3 Å². The van der Waals surface area contributed by atoms with Gasteiger partial charge in [-0.05, 0) is 36.8 Å². The molecule has 0 spiro atoms.